The first kappa shape index (κ1) is 16.6. The molecule has 0 saturated carbocycles. The Morgan fingerprint density at radius 1 is 1.21 bits per heavy atom. The summed E-state index contributed by atoms with van der Waals surface area (Å²) >= 11 is 1.57. The summed E-state index contributed by atoms with van der Waals surface area (Å²) in [5.74, 6) is -0.0250. The molecule has 124 valence electrons. The third-order valence-electron chi connectivity index (χ3n) is 3.99. The third-order valence-corrected chi connectivity index (χ3v) is 5.17. The molecular weight excluding hydrogens is 320 g/mol. The maximum absolute atomic E-state index is 12.1. The van der Waals surface area contributed by atoms with E-state index < -0.39 is 0 Å². The molecule has 0 spiro atoms. The number of hydrogen-bond donors (Lipinski definition) is 2. The first-order valence-electron chi connectivity index (χ1n) is 7.98. The van der Waals surface area contributed by atoms with Crippen molar-refractivity contribution in [3.63, 3.8) is 0 Å². The van der Waals surface area contributed by atoms with Crippen LogP contribution in [0.3, 0.4) is 0 Å². The van der Waals surface area contributed by atoms with E-state index in [9.17, 15) is 9.59 Å². The van der Waals surface area contributed by atoms with Crippen molar-refractivity contribution in [2.24, 2.45) is 0 Å². The van der Waals surface area contributed by atoms with Crippen molar-refractivity contribution < 1.29 is 9.59 Å². The average Bonchev–Trinajstić information content (AvgIpc) is 2.56. The van der Waals surface area contributed by atoms with Crippen molar-refractivity contribution in [2.45, 2.75) is 30.4 Å². The van der Waals surface area contributed by atoms with Crippen molar-refractivity contribution in [2.75, 3.05) is 11.9 Å². The second-order valence-corrected chi connectivity index (χ2v) is 7.33. The lowest BCUT2D eigenvalue weighted by Crippen LogP contribution is -2.27. The zero-order chi connectivity index (χ0) is 17.1. The van der Waals surface area contributed by atoms with Crippen molar-refractivity contribution in [3.05, 3.63) is 59.2 Å². The van der Waals surface area contributed by atoms with Gasteiger partial charge in [0.05, 0.1) is 10.9 Å². The Morgan fingerprint density at radius 3 is 2.71 bits per heavy atom. The SMILES string of the molecule is Cc1ccc(C(=O)NCCc2ccc3c(c2)NC(=O)C(C)S3)cc1. The minimum absolute atomic E-state index is 0.0392. The predicted molar refractivity (Wildman–Crippen MR) is 97.6 cm³/mol. The van der Waals surface area contributed by atoms with E-state index in [1.807, 2.05) is 56.3 Å². The highest BCUT2D eigenvalue weighted by molar-refractivity contribution is 8.00. The predicted octanol–water partition coefficient (Wildman–Crippen LogP) is 3.40. The molecule has 0 fully saturated rings. The molecule has 2 aromatic rings. The molecule has 2 aromatic carbocycles. The number of amides is 2. The van der Waals surface area contributed by atoms with E-state index >= 15 is 0 Å². The smallest absolute Gasteiger partial charge is 0.251 e. The van der Waals surface area contributed by atoms with Crippen LogP contribution in [0.25, 0.3) is 0 Å². The number of rotatable bonds is 4. The molecular formula is C19H20N2O2S. The van der Waals surface area contributed by atoms with Crippen LogP contribution in [-0.2, 0) is 11.2 Å². The molecule has 0 saturated heterocycles. The molecule has 3 rings (SSSR count). The Bertz CT molecular complexity index is 771. The Labute approximate surface area is 146 Å². The summed E-state index contributed by atoms with van der Waals surface area (Å²) in [7, 11) is 0. The quantitative estimate of drug-likeness (QED) is 0.897. The number of benzene rings is 2. The van der Waals surface area contributed by atoms with Gasteiger partial charge in [-0.15, -0.1) is 11.8 Å². The minimum atomic E-state index is -0.0642. The number of carbonyl (C=O) groups excluding carboxylic acids is 2. The summed E-state index contributed by atoms with van der Waals surface area (Å²) in [6, 6.07) is 13.6. The van der Waals surface area contributed by atoms with Gasteiger partial charge in [0.2, 0.25) is 5.91 Å². The van der Waals surface area contributed by atoms with Crippen molar-refractivity contribution in [1.82, 2.24) is 5.32 Å². The van der Waals surface area contributed by atoms with Crippen LogP contribution in [0.4, 0.5) is 5.69 Å². The zero-order valence-electron chi connectivity index (χ0n) is 13.8. The molecule has 1 unspecified atom stereocenters. The van der Waals surface area contributed by atoms with Crippen molar-refractivity contribution >= 4 is 29.3 Å². The number of fused-ring (bicyclic) bond motifs is 1. The van der Waals surface area contributed by atoms with Crippen LogP contribution in [0.2, 0.25) is 0 Å². The highest BCUT2D eigenvalue weighted by Crippen LogP contribution is 2.35. The molecule has 0 bridgehead atoms. The van der Waals surface area contributed by atoms with Crippen molar-refractivity contribution in [1.29, 1.82) is 0 Å². The van der Waals surface area contributed by atoms with E-state index in [2.05, 4.69) is 10.6 Å². The van der Waals surface area contributed by atoms with Crippen LogP contribution in [0.5, 0.6) is 0 Å². The lowest BCUT2D eigenvalue weighted by atomic mass is 10.1. The Hall–Kier alpha value is -2.27. The summed E-state index contributed by atoms with van der Waals surface area (Å²) in [6.45, 7) is 4.45. The Balaban J connectivity index is 1.57. The van der Waals surface area contributed by atoms with E-state index in [0.717, 1.165) is 28.1 Å². The van der Waals surface area contributed by atoms with Gasteiger partial charge in [0, 0.05) is 17.0 Å². The minimum Gasteiger partial charge on any atom is -0.352 e. The molecule has 24 heavy (non-hydrogen) atoms. The number of nitrogens with one attached hydrogen (secondary N) is 2. The second kappa shape index (κ2) is 7.09. The topological polar surface area (TPSA) is 58.2 Å². The van der Waals surface area contributed by atoms with Gasteiger partial charge in [-0.25, -0.2) is 0 Å². The summed E-state index contributed by atoms with van der Waals surface area (Å²) in [5.41, 5.74) is 3.76. The van der Waals surface area contributed by atoms with Gasteiger partial charge in [-0.1, -0.05) is 23.8 Å². The molecule has 5 heteroatoms. The molecule has 1 aliphatic heterocycles. The fourth-order valence-electron chi connectivity index (χ4n) is 2.54. The Morgan fingerprint density at radius 2 is 1.96 bits per heavy atom. The first-order chi connectivity index (χ1) is 11.5. The average molecular weight is 340 g/mol. The molecule has 1 aliphatic rings. The molecule has 0 aromatic heterocycles. The second-order valence-electron chi connectivity index (χ2n) is 5.95. The normalized spacial score (nSPS) is 16.2. The summed E-state index contributed by atoms with van der Waals surface area (Å²) in [5, 5.41) is 5.81. The van der Waals surface area contributed by atoms with Gasteiger partial charge in [0.1, 0.15) is 0 Å². The Kier molecular flexibility index (Phi) is 4.90. The summed E-state index contributed by atoms with van der Waals surface area (Å²) < 4.78 is 0. The highest BCUT2D eigenvalue weighted by atomic mass is 32.2. The lowest BCUT2D eigenvalue weighted by molar-refractivity contribution is -0.115. The maximum atomic E-state index is 12.1. The van der Waals surface area contributed by atoms with E-state index in [1.165, 1.54) is 0 Å². The number of thioether (sulfide) groups is 1. The number of hydrogen-bond acceptors (Lipinski definition) is 3. The molecule has 1 atom stereocenters. The van der Waals surface area contributed by atoms with E-state index in [4.69, 9.17) is 0 Å². The monoisotopic (exact) mass is 340 g/mol. The third kappa shape index (κ3) is 3.79. The highest BCUT2D eigenvalue weighted by Gasteiger charge is 2.22. The van der Waals surface area contributed by atoms with Crippen LogP contribution >= 0.6 is 11.8 Å². The molecule has 0 radical (unpaired) electrons. The van der Waals surface area contributed by atoms with Gasteiger partial charge in [0.25, 0.3) is 5.91 Å². The molecule has 2 amide bonds. The number of anilines is 1. The summed E-state index contributed by atoms with van der Waals surface area (Å²) in [6.07, 6.45) is 0.723. The molecule has 2 N–H and O–H groups in total. The van der Waals surface area contributed by atoms with E-state index in [1.54, 1.807) is 11.8 Å². The number of carbonyl (C=O) groups is 2. The van der Waals surface area contributed by atoms with Gasteiger partial charge in [-0.05, 0) is 50.1 Å². The largest absolute Gasteiger partial charge is 0.352 e. The van der Waals surface area contributed by atoms with Gasteiger partial charge in [-0.2, -0.15) is 0 Å². The lowest BCUT2D eigenvalue weighted by Gasteiger charge is -2.21. The molecule has 1 heterocycles. The summed E-state index contributed by atoms with van der Waals surface area (Å²) in [4.78, 5) is 24.9. The fourth-order valence-corrected chi connectivity index (χ4v) is 3.47. The van der Waals surface area contributed by atoms with Gasteiger partial charge < -0.3 is 10.6 Å². The molecule has 4 nitrogen and oxygen atoms in total. The van der Waals surface area contributed by atoms with Crippen molar-refractivity contribution in [3.8, 4) is 0 Å². The van der Waals surface area contributed by atoms with Gasteiger partial charge in [0.15, 0.2) is 0 Å². The first-order valence-corrected chi connectivity index (χ1v) is 8.86. The van der Waals surface area contributed by atoms with E-state index in [0.29, 0.717) is 12.1 Å². The van der Waals surface area contributed by atoms with Crippen LogP contribution in [-0.4, -0.2) is 23.6 Å². The number of aryl methyl sites for hydroxylation is 1. The maximum Gasteiger partial charge on any atom is 0.251 e. The molecule has 0 aliphatic carbocycles. The standard InChI is InChI=1S/C19H20N2O2S/c1-12-3-6-15(7-4-12)19(23)20-10-9-14-5-8-17-16(11-14)21-18(22)13(2)24-17/h3-8,11,13H,9-10H2,1-2H3,(H,20,23)(H,21,22). The van der Waals surface area contributed by atoms with Crippen LogP contribution < -0.4 is 10.6 Å². The van der Waals surface area contributed by atoms with Crippen LogP contribution in [0.1, 0.15) is 28.4 Å². The van der Waals surface area contributed by atoms with Gasteiger partial charge in [-0.3, -0.25) is 9.59 Å². The van der Waals surface area contributed by atoms with Gasteiger partial charge >= 0.3 is 0 Å². The zero-order valence-corrected chi connectivity index (χ0v) is 14.6. The van der Waals surface area contributed by atoms with Crippen LogP contribution in [0.15, 0.2) is 47.4 Å². The van der Waals surface area contributed by atoms with E-state index in [-0.39, 0.29) is 17.1 Å². The fraction of sp³-hybridized carbons (Fsp3) is 0.263. The van der Waals surface area contributed by atoms with Crippen LogP contribution in [0, 0.1) is 6.92 Å².